The first kappa shape index (κ1) is 11.5. The van der Waals surface area contributed by atoms with Gasteiger partial charge in [-0.15, -0.1) is 0 Å². The number of rotatable bonds is 3. The van der Waals surface area contributed by atoms with Gasteiger partial charge in [-0.3, -0.25) is 4.79 Å². The Morgan fingerprint density at radius 1 is 1.62 bits per heavy atom. The summed E-state index contributed by atoms with van der Waals surface area (Å²) in [6.45, 7) is 2.75. The van der Waals surface area contributed by atoms with Gasteiger partial charge in [0.1, 0.15) is 0 Å². The highest BCUT2D eigenvalue weighted by Crippen LogP contribution is 2.27. The van der Waals surface area contributed by atoms with Crippen molar-refractivity contribution in [2.24, 2.45) is 0 Å². The van der Waals surface area contributed by atoms with Gasteiger partial charge >= 0.3 is 0 Å². The molecule has 1 saturated heterocycles. The van der Waals surface area contributed by atoms with E-state index in [4.69, 9.17) is 16.0 Å². The Labute approximate surface area is 98.8 Å². The number of hydrogen-bond donors (Lipinski definition) is 1. The van der Waals surface area contributed by atoms with Gasteiger partial charge in [0.05, 0.1) is 18.7 Å². The van der Waals surface area contributed by atoms with E-state index in [1.807, 2.05) is 6.92 Å². The monoisotopic (exact) mass is 243 g/mol. The lowest BCUT2D eigenvalue weighted by atomic mass is 9.89. The first-order chi connectivity index (χ1) is 7.54. The van der Waals surface area contributed by atoms with Crippen LogP contribution in [0.1, 0.15) is 30.3 Å². The van der Waals surface area contributed by atoms with E-state index < -0.39 is 5.60 Å². The Morgan fingerprint density at radius 2 is 2.31 bits per heavy atom. The summed E-state index contributed by atoms with van der Waals surface area (Å²) in [5.41, 5.74) is -0.708. The van der Waals surface area contributed by atoms with Crippen molar-refractivity contribution in [1.29, 1.82) is 0 Å². The van der Waals surface area contributed by atoms with Gasteiger partial charge in [-0.25, -0.2) is 0 Å². The number of halogens is 1. The second-order valence-corrected chi connectivity index (χ2v) is 4.61. The molecule has 5 heteroatoms. The maximum atomic E-state index is 11.8. The maximum Gasteiger partial charge on any atom is 0.289 e. The fourth-order valence-electron chi connectivity index (χ4n) is 2.02. The summed E-state index contributed by atoms with van der Waals surface area (Å²) in [5.74, 6) is 0.0104. The van der Waals surface area contributed by atoms with E-state index >= 15 is 0 Å². The van der Waals surface area contributed by atoms with Crippen LogP contribution in [0, 0.1) is 0 Å². The van der Waals surface area contributed by atoms with Crippen molar-refractivity contribution in [3.05, 3.63) is 23.1 Å². The first-order valence-corrected chi connectivity index (χ1v) is 5.69. The van der Waals surface area contributed by atoms with Crippen LogP contribution in [0.5, 0.6) is 0 Å². The van der Waals surface area contributed by atoms with Crippen LogP contribution in [0.3, 0.4) is 0 Å². The van der Waals surface area contributed by atoms with E-state index in [0.717, 1.165) is 12.8 Å². The molecule has 0 radical (unpaired) electrons. The van der Waals surface area contributed by atoms with Crippen LogP contribution in [0.25, 0.3) is 0 Å². The second kappa shape index (κ2) is 4.11. The molecule has 0 aliphatic carbocycles. The lowest BCUT2D eigenvalue weighted by Crippen LogP contribution is -2.63. The van der Waals surface area contributed by atoms with E-state index in [2.05, 4.69) is 0 Å². The van der Waals surface area contributed by atoms with E-state index in [9.17, 15) is 9.90 Å². The second-order valence-electron chi connectivity index (χ2n) is 4.24. The molecule has 0 saturated carbocycles. The Bertz CT molecular complexity index is 396. The predicted molar refractivity (Wildman–Crippen MR) is 59.5 cm³/mol. The average molecular weight is 244 g/mol. The molecule has 2 rings (SSSR count). The summed E-state index contributed by atoms with van der Waals surface area (Å²) in [7, 11) is 0. The number of furan rings is 1. The molecule has 0 spiro atoms. The lowest BCUT2D eigenvalue weighted by molar-refractivity contribution is -0.0867. The number of β-amino-alcohol motifs (C(OH)–C–C–N with tert-alkyl or cyclic N) is 1. The summed E-state index contributed by atoms with van der Waals surface area (Å²) < 4.78 is 5.02. The summed E-state index contributed by atoms with van der Waals surface area (Å²) in [5, 5.41) is 10.1. The van der Waals surface area contributed by atoms with E-state index in [0.29, 0.717) is 13.1 Å². The van der Waals surface area contributed by atoms with Gasteiger partial charge in [-0.2, -0.15) is 0 Å². The van der Waals surface area contributed by atoms with Crippen LogP contribution in [0.15, 0.2) is 16.5 Å². The van der Waals surface area contributed by atoms with Gasteiger partial charge in [0.2, 0.25) is 0 Å². The van der Waals surface area contributed by atoms with Crippen LogP contribution in [-0.2, 0) is 0 Å². The topological polar surface area (TPSA) is 53.7 Å². The minimum absolute atomic E-state index is 0.202. The van der Waals surface area contributed by atoms with Gasteiger partial charge in [0.15, 0.2) is 11.0 Å². The van der Waals surface area contributed by atoms with Crippen LogP contribution in [-0.4, -0.2) is 34.6 Å². The molecule has 88 valence electrons. The minimum atomic E-state index is -0.708. The number of carbonyl (C=O) groups excluding carboxylic acids is 1. The molecule has 1 amide bonds. The highest BCUT2D eigenvalue weighted by Gasteiger charge is 2.43. The number of likely N-dealkylation sites (tertiary alicyclic amines) is 1. The van der Waals surface area contributed by atoms with Gasteiger partial charge in [0.25, 0.3) is 5.91 Å². The Morgan fingerprint density at radius 3 is 2.81 bits per heavy atom. The molecule has 0 unspecified atom stereocenters. The molecule has 16 heavy (non-hydrogen) atoms. The lowest BCUT2D eigenvalue weighted by Gasteiger charge is -2.46. The molecule has 1 N–H and O–H groups in total. The van der Waals surface area contributed by atoms with Crippen LogP contribution in [0.2, 0.25) is 5.22 Å². The molecule has 0 atom stereocenters. The highest BCUT2D eigenvalue weighted by molar-refractivity contribution is 6.29. The van der Waals surface area contributed by atoms with Gasteiger partial charge in [-0.1, -0.05) is 13.3 Å². The summed E-state index contributed by atoms with van der Waals surface area (Å²) in [6, 6.07) is 3.08. The third kappa shape index (κ3) is 2.08. The summed E-state index contributed by atoms with van der Waals surface area (Å²) >= 11 is 5.59. The summed E-state index contributed by atoms with van der Waals surface area (Å²) in [6.07, 6.45) is 1.63. The Balaban J connectivity index is 1.95. The molecule has 2 heterocycles. The van der Waals surface area contributed by atoms with Gasteiger partial charge < -0.3 is 14.4 Å². The molecule has 1 fully saturated rings. The fourth-order valence-corrected chi connectivity index (χ4v) is 2.16. The third-order valence-corrected chi connectivity index (χ3v) is 2.96. The van der Waals surface area contributed by atoms with Crippen molar-refractivity contribution in [2.75, 3.05) is 13.1 Å². The van der Waals surface area contributed by atoms with Crippen molar-refractivity contribution < 1.29 is 14.3 Å². The van der Waals surface area contributed by atoms with Crippen molar-refractivity contribution >= 4 is 17.5 Å². The summed E-state index contributed by atoms with van der Waals surface area (Å²) in [4.78, 5) is 13.4. The van der Waals surface area contributed by atoms with Crippen molar-refractivity contribution in [1.82, 2.24) is 4.90 Å². The molecule has 1 aromatic heterocycles. The van der Waals surface area contributed by atoms with Crippen molar-refractivity contribution in [3.63, 3.8) is 0 Å². The smallest absolute Gasteiger partial charge is 0.289 e. The molecule has 0 bridgehead atoms. The number of amides is 1. The third-order valence-electron chi connectivity index (χ3n) is 2.76. The molecular formula is C11H14ClNO3. The van der Waals surface area contributed by atoms with Crippen molar-refractivity contribution in [3.8, 4) is 0 Å². The standard InChI is InChI=1S/C11H14ClNO3/c1-2-5-11(15)6-13(7-11)10(14)8-3-4-9(12)16-8/h3-4,15H,2,5-7H2,1H3. The zero-order chi connectivity index (χ0) is 11.8. The Hall–Kier alpha value is -1.00. The fraction of sp³-hybridized carbons (Fsp3) is 0.545. The zero-order valence-electron chi connectivity index (χ0n) is 9.07. The number of aliphatic hydroxyl groups is 1. The molecule has 4 nitrogen and oxygen atoms in total. The zero-order valence-corrected chi connectivity index (χ0v) is 9.83. The van der Waals surface area contributed by atoms with E-state index in [1.54, 1.807) is 11.0 Å². The molecule has 1 aliphatic rings. The SMILES string of the molecule is CCCC1(O)CN(C(=O)c2ccc(Cl)o2)C1. The van der Waals surface area contributed by atoms with E-state index in [1.165, 1.54) is 6.07 Å². The molecule has 0 aromatic carbocycles. The molecule has 1 aromatic rings. The first-order valence-electron chi connectivity index (χ1n) is 5.31. The Kier molecular flexibility index (Phi) is 2.95. The van der Waals surface area contributed by atoms with Gasteiger partial charge in [0, 0.05) is 0 Å². The number of carbonyl (C=O) groups is 1. The highest BCUT2D eigenvalue weighted by atomic mass is 35.5. The minimum Gasteiger partial charge on any atom is -0.440 e. The quantitative estimate of drug-likeness (QED) is 0.883. The predicted octanol–water partition coefficient (Wildman–Crippen LogP) is 1.92. The van der Waals surface area contributed by atoms with Gasteiger partial charge in [-0.05, 0) is 30.2 Å². The van der Waals surface area contributed by atoms with Crippen LogP contribution >= 0.6 is 11.6 Å². The van der Waals surface area contributed by atoms with E-state index in [-0.39, 0.29) is 16.9 Å². The molecule has 1 aliphatic heterocycles. The van der Waals surface area contributed by atoms with Crippen LogP contribution in [0.4, 0.5) is 0 Å². The number of nitrogens with zero attached hydrogens (tertiary/aromatic N) is 1. The van der Waals surface area contributed by atoms with Crippen LogP contribution < -0.4 is 0 Å². The molecular weight excluding hydrogens is 230 g/mol. The number of hydrogen-bond acceptors (Lipinski definition) is 3. The normalized spacial score (nSPS) is 18.3. The van der Waals surface area contributed by atoms with Crippen molar-refractivity contribution in [2.45, 2.75) is 25.4 Å². The maximum absolute atomic E-state index is 11.8. The largest absolute Gasteiger partial charge is 0.440 e. The average Bonchev–Trinajstić information content (AvgIpc) is 2.60.